The van der Waals surface area contributed by atoms with Crippen LogP contribution in [0.25, 0.3) is 16.9 Å². The molecule has 0 unspecified atom stereocenters. The van der Waals surface area contributed by atoms with Crippen LogP contribution < -0.4 is 5.32 Å². The molecule has 0 spiro atoms. The van der Waals surface area contributed by atoms with Crippen LogP contribution in [0.3, 0.4) is 0 Å². The molecule has 0 aliphatic rings. The molecule has 0 bridgehead atoms. The molecular weight excluding hydrogens is 423 g/mol. The lowest BCUT2D eigenvalue weighted by Gasteiger charge is -2.08. The van der Waals surface area contributed by atoms with E-state index < -0.39 is 0 Å². The molecular formula is C21H14BrFN4O. The second kappa shape index (κ2) is 7.74. The van der Waals surface area contributed by atoms with Crippen molar-refractivity contribution in [3.05, 3.63) is 94.8 Å². The van der Waals surface area contributed by atoms with Crippen LogP contribution >= 0.6 is 15.9 Å². The highest BCUT2D eigenvalue weighted by Gasteiger charge is 2.11. The normalized spacial score (nSPS) is 10.6. The molecule has 28 heavy (non-hydrogen) atoms. The van der Waals surface area contributed by atoms with E-state index in [1.165, 1.54) is 24.3 Å². The van der Waals surface area contributed by atoms with Crippen molar-refractivity contribution in [2.75, 3.05) is 5.32 Å². The van der Waals surface area contributed by atoms with Crippen LogP contribution in [0.1, 0.15) is 10.4 Å². The number of benzene rings is 3. The van der Waals surface area contributed by atoms with E-state index in [-0.39, 0.29) is 11.7 Å². The molecule has 3 aromatic carbocycles. The topological polar surface area (TPSA) is 59.8 Å². The number of carbonyl (C=O) groups is 1. The fourth-order valence-corrected chi connectivity index (χ4v) is 3.00. The summed E-state index contributed by atoms with van der Waals surface area (Å²) in [5.41, 5.74) is 3.62. The molecule has 1 aromatic heterocycles. The molecule has 0 saturated heterocycles. The fraction of sp³-hybridized carbons (Fsp3) is 0. The first-order valence-electron chi connectivity index (χ1n) is 8.44. The third kappa shape index (κ3) is 3.84. The SMILES string of the molecule is O=C(Nc1ccc(F)cc1)c1ccc(-n2nncc2-c2ccc(Br)cc2)cc1. The lowest BCUT2D eigenvalue weighted by atomic mass is 10.1. The summed E-state index contributed by atoms with van der Waals surface area (Å²) in [5.74, 6) is -0.623. The van der Waals surface area contributed by atoms with Crippen molar-refractivity contribution in [3.63, 3.8) is 0 Å². The maximum absolute atomic E-state index is 13.0. The molecule has 4 aromatic rings. The molecule has 1 amide bonds. The van der Waals surface area contributed by atoms with Crippen molar-refractivity contribution < 1.29 is 9.18 Å². The number of anilines is 1. The van der Waals surface area contributed by atoms with E-state index in [9.17, 15) is 9.18 Å². The molecule has 5 nitrogen and oxygen atoms in total. The van der Waals surface area contributed by atoms with E-state index in [1.807, 2.05) is 24.3 Å². The Morgan fingerprint density at radius 3 is 2.29 bits per heavy atom. The molecule has 0 aliphatic heterocycles. The number of hydrogen-bond donors (Lipinski definition) is 1. The average molecular weight is 437 g/mol. The van der Waals surface area contributed by atoms with Gasteiger partial charge in [-0.05, 0) is 60.7 Å². The summed E-state index contributed by atoms with van der Waals surface area (Å²) in [5, 5.41) is 10.9. The van der Waals surface area contributed by atoms with Crippen LogP contribution in [-0.2, 0) is 0 Å². The first-order valence-corrected chi connectivity index (χ1v) is 9.23. The van der Waals surface area contributed by atoms with Gasteiger partial charge in [-0.25, -0.2) is 9.07 Å². The summed E-state index contributed by atoms with van der Waals surface area (Å²) >= 11 is 3.43. The highest BCUT2D eigenvalue weighted by atomic mass is 79.9. The minimum Gasteiger partial charge on any atom is -0.322 e. The predicted molar refractivity (Wildman–Crippen MR) is 109 cm³/mol. The monoisotopic (exact) mass is 436 g/mol. The Kier molecular flexibility index (Phi) is 4.99. The Morgan fingerprint density at radius 1 is 0.929 bits per heavy atom. The minimum atomic E-state index is -0.350. The number of rotatable bonds is 4. The molecule has 1 heterocycles. The Hall–Kier alpha value is -3.32. The van der Waals surface area contributed by atoms with Gasteiger partial charge in [0.1, 0.15) is 5.82 Å². The quantitative estimate of drug-likeness (QED) is 0.484. The summed E-state index contributed by atoms with van der Waals surface area (Å²) in [7, 11) is 0. The summed E-state index contributed by atoms with van der Waals surface area (Å²) in [6.45, 7) is 0. The van der Waals surface area contributed by atoms with Gasteiger partial charge < -0.3 is 5.32 Å². The van der Waals surface area contributed by atoms with E-state index in [4.69, 9.17) is 0 Å². The number of aromatic nitrogens is 3. The van der Waals surface area contributed by atoms with E-state index in [2.05, 4.69) is 31.6 Å². The summed E-state index contributed by atoms with van der Waals surface area (Å²) < 4.78 is 15.7. The smallest absolute Gasteiger partial charge is 0.255 e. The van der Waals surface area contributed by atoms with Crippen molar-refractivity contribution in [3.8, 4) is 16.9 Å². The van der Waals surface area contributed by atoms with Crippen molar-refractivity contribution in [2.24, 2.45) is 0 Å². The Balaban J connectivity index is 1.55. The lowest BCUT2D eigenvalue weighted by molar-refractivity contribution is 0.102. The van der Waals surface area contributed by atoms with Gasteiger partial charge in [-0.1, -0.05) is 33.3 Å². The van der Waals surface area contributed by atoms with Crippen molar-refractivity contribution in [2.45, 2.75) is 0 Å². The molecule has 0 fully saturated rings. The zero-order chi connectivity index (χ0) is 19.5. The van der Waals surface area contributed by atoms with Crippen LogP contribution in [-0.4, -0.2) is 20.9 Å². The first kappa shape index (κ1) is 18.1. The van der Waals surface area contributed by atoms with Crippen molar-refractivity contribution >= 4 is 27.5 Å². The van der Waals surface area contributed by atoms with Gasteiger partial charge in [0.05, 0.1) is 17.6 Å². The van der Waals surface area contributed by atoms with E-state index >= 15 is 0 Å². The van der Waals surface area contributed by atoms with E-state index in [1.54, 1.807) is 35.1 Å². The van der Waals surface area contributed by atoms with Crippen molar-refractivity contribution in [1.82, 2.24) is 15.0 Å². The second-order valence-corrected chi connectivity index (χ2v) is 6.96. The summed E-state index contributed by atoms with van der Waals surface area (Å²) in [6.07, 6.45) is 1.69. The Morgan fingerprint density at radius 2 is 1.61 bits per heavy atom. The van der Waals surface area contributed by atoms with Gasteiger partial charge in [0.15, 0.2) is 0 Å². The van der Waals surface area contributed by atoms with Gasteiger partial charge in [0.25, 0.3) is 5.91 Å². The van der Waals surface area contributed by atoms with Crippen LogP contribution in [0.15, 0.2) is 83.5 Å². The summed E-state index contributed by atoms with van der Waals surface area (Å²) in [4.78, 5) is 12.4. The minimum absolute atomic E-state index is 0.273. The largest absolute Gasteiger partial charge is 0.322 e. The Bertz CT molecular complexity index is 1110. The van der Waals surface area contributed by atoms with Crippen LogP contribution in [0.4, 0.5) is 10.1 Å². The maximum Gasteiger partial charge on any atom is 0.255 e. The fourth-order valence-electron chi connectivity index (χ4n) is 2.73. The third-order valence-corrected chi connectivity index (χ3v) is 4.69. The molecule has 0 atom stereocenters. The number of nitrogens with one attached hydrogen (secondary N) is 1. The third-order valence-electron chi connectivity index (χ3n) is 4.17. The van der Waals surface area contributed by atoms with E-state index in [0.29, 0.717) is 11.3 Å². The van der Waals surface area contributed by atoms with Gasteiger partial charge in [0, 0.05) is 21.3 Å². The molecule has 7 heteroatoms. The maximum atomic E-state index is 13.0. The van der Waals surface area contributed by atoms with Crippen molar-refractivity contribution in [1.29, 1.82) is 0 Å². The number of halogens is 2. The van der Waals surface area contributed by atoms with Gasteiger partial charge in [-0.15, -0.1) is 5.10 Å². The van der Waals surface area contributed by atoms with Gasteiger partial charge in [0.2, 0.25) is 0 Å². The average Bonchev–Trinajstić information content (AvgIpc) is 3.20. The van der Waals surface area contributed by atoms with Crippen LogP contribution in [0.2, 0.25) is 0 Å². The standard InChI is InChI=1S/C21H14BrFN4O/c22-16-5-1-14(2-6-16)20-13-24-26-27(20)19-11-3-15(4-12-19)21(28)25-18-9-7-17(23)8-10-18/h1-13H,(H,25,28). The highest BCUT2D eigenvalue weighted by Crippen LogP contribution is 2.23. The zero-order valence-electron chi connectivity index (χ0n) is 14.5. The first-order chi connectivity index (χ1) is 13.6. The number of amides is 1. The van der Waals surface area contributed by atoms with Gasteiger partial charge in [-0.2, -0.15) is 0 Å². The number of hydrogen-bond acceptors (Lipinski definition) is 3. The van der Waals surface area contributed by atoms with Gasteiger partial charge in [-0.3, -0.25) is 4.79 Å². The molecule has 138 valence electrons. The number of nitrogens with zero attached hydrogens (tertiary/aromatic N) is 3. The predicted octanol–water partition coefficient (Wildman–Crippen LogP) is 5.09. The van der Waals surface area contributed by atoms with Crippen LogP contribution in [0, 0.1) is 5.82 Å². The summed E-state index contributed by atoms with van der Waals surface area (Å²) in [6, 6.07) is 20.5. The number of carbonyl (C=O) groups excluding carboxylic acids is 1. The molecule has 0 saturated carbocycles. The second-order valence-electron chi connectivity index (χ2n) is 6.05. The Labute approximate surface area is 169 Å². The van der Waals surface area contributed by atoms with Gasteiger partial charge >= 0.3 is 0 Å². The van der Waals surface area contributed by atoms with E-state index in [0.717, 1.165) is 21.4 Å². The lowest BCUT2D eigenvalue weighted by Crippen LogP contribution is -2.12. The molecule has 0 aliphatic carbocycles. The zero-order valence-corrected chi connectivity index (χ0v) is 16.1. The molecule has 1 N–H and O–H groups in total. The molecule has 4 rings (SSSR count). The van der Waals surface area contributed by atoms with Crippen LogP contribution in [0.5, 0.6) is 0 Å². The highest BCUT2D eigenvalue weighted by molar-refractivity contribution is 9.10. The molecule has 0 radical (unpaired) electrons.